The topological polar surface area (TPSA) is 96.7 Å². The molecule has 0 aromatic heterocycles. The van der Waals surface area contributed by atoms with Gasteiger partial charge in [0.2, 0.25) is 0 Å². The largest absolute Gasteiger partial charge is 0.370 e. The van der Waals surface area contributed by atoms with Crippen LogP contribution in [0.4, 0.5) is 4.79 Å². The Morgan fingerprint density at radius 3 is 2.42 bits per heavy atom. The quantitative estimate of drug-likeness (QED) is 0.365. The number of guanidine groups is 1. The van der Waals surface area contributed by atoms with Crippen molar-refractivity contribution in [2.45, 2.75) is 44.9 Å². The van der Waals surface area contributed by atoms with E-state index in [2.05, 4.69) is 15.2 Å². The summed E-state index contributed by atoms with van der Waals surface area (Å²) in [5.41, 5.74) is 10.4. The number of unbranched alkanes of at least 4 members (excludes halogenated alkanes) is 3. The first-order valence-electron chi connectivity index (χ1n) is 7.27. The average Bonchev–Trinajstić information content (AvgIpc) is 2.38. The van der Waals surface area contributed by atoms with Crippen molar-refractivity contribution in [3.63, 3.8) is 0 Å². The third-order valence-electron chi connectivity index (χ3n) is 3.36. The SMILES string of the molecule is NC(=O)NC(N)=NCCCCCCN1CCCCC1. The minimum atomic E-state index is -0.664. The fourth-order valence-electron chi connectivity index (χ4n) is 2.35. The van der Waals surface area contributed by atoms with Gasteiger partial charge >= 0.3 is 6.03 Å². The number of carbonyl (C=O) groups excluding carboxylic acids is 1. The molecule has 0 bridgehead atoms. The minimum Gasteiger partial charge on any atom is -0.370 e. The normalized spacial score (nSPS) is 17.4. The van der Waals surface area contributed by atoms with Crippen molar-refractivity contribution in [1.82, 2.24) is 10.2 Å². The standard InChI is InChI=1S/C13H27N5O/c14-12(17-13(15)19)16-8-4-1-2-5-9-18-10-6-3-7-11-18/h1-11H2,(H5,14,15,16,17,19). The van der Waals surface area contributed by atoms with Gasteiger partial charge in [-0.2, -0.15) is 0 Å². The molecule has 0 saturated carbocycles. The van der Waals surface area contributed by atoms with Crippen LogP contribution in [-0.4, -0.2) is 43.1 Å². The molecule has 0 aliphatic carbocycles. The summed E-state index contributed by atoms with van der Waals surface area (Å²) >= 11 is 0. The van der Waals surface area contributed by atoms with Gasteiger partial charge in [0.05, 0.1) is 0 Å². The molecule has 0 aromatic rings. The number of primary amides is 1. The number of piperidine rings is 1. The zero-order valence-corrected chi connectivity index (χ0v) is 11.7. The molecule has 1 saturated heterocycles. The molecule has 0 atom stereocenters. The number of hydrogen-bond donors (Lipinski definition) is 3. The predicted octanol–water partition coefficient (Wildman–Crippen LogP) is 1.02. The second-order valence-corrected chi connectivity index (χ2v) is 5.07. The van der Waals surface area contributed by atoms with Gasteiger partial charge in [-0.15, -0.1) is 0 Å². The number of likely N-dealkylation sites (tertiary alicyclic amines) is 1. The van der Waals surface area contributed by atoms with Crippen LogP contribution in [0.25, 0.3) is 0 Å². The monoisotopic (exact) mass is 269 g/mol. The van der Waals surface area contributed by atoms with Gasteiger partial charge < -0.3 is 16.4 Å². The van der Waals surface area contributed by atoms with Crippen molar-refractivity contribution in [2.75, 3.05) is 26.2 Å². The van der Waals surface area contributed by atoms with E-state index in [0.29, 0.717) is 6.54 Å². The molecule has 0 radical (unpaired) electrons. The molecule has 1 rings (SSSR count). The molecule has 0 unspecified atom stereocenters. The molecule has 6 nitrogen and oxygen atoms in total. The van der Waals surface area contributed by atoms with Crippen molar-refractivity contribution in [1.29, 1.82) is 0 Å². The third-order valence-corrected chi connectivity index (χ3v) is 3.36. The van der Waals surface area contributed by atoms with Gasteiger partial charge in [0, 0.05) is 6.54 Å². The molecule has 6 heteroatoms. The van der Waals surface area contributed by atoms with Crippen LogP contribution in [0.2, 0.25) is 0 Å². The Labute approximate surface area is 115 Å². The maximum Gasteiger partial charge on any atom is 0.318 e. The molecule has 110 valence electrons. The number of urea groups is 1. The summed E-state index contributed by atoms with van der Waals surface area (Å²) in [6.07, 6.45) is 8.77. The number of aliphatic imine (C=N–C) groups is 1. The Balaban J connectivity index is 1.91. The first-order valence-corrected chi connectivity index (χ1v) is 7.27. The van der Waals surface area contributed by atoms with E-state index >= 15 is 0 Å². The van der Waals surface area contributed by atoms with Crippen molar-refractivity contribution >= 4 is 12.0 Å². The van der Waals surface area contributed by atoms with Crippen LogP contribution in [0.15, 0.2) is 4.99 Å². The number of nitrogens with two attached hydrogens (primary N) is 2. The second-order valence-electron chi connectivity index (χ2n) is 5.07. The lowest BCUT2D eigenvalue weighted by atomic mass is 10.1. The minimum absolute atomic E-state index is 0.112. The van der Waals surface area contributed by atoms with E-state index in [-0.39, 0.29) is 5.96 Å². The van der Waals surface area contributed by atoms with E-state index < -0.39 is 6.03 Å². The highest BCUT2D eigenvalue weighted by molar-refractivity contribution is 5.94. The number of carbonyl (C=O) groups is 1. The van der Waals surface area contributed by atoms with Gasteiger partial charge in [0.1, 0.15) is 0 Å². The van der Waals surface area contributed by atoms with Crippen molar-refractivity contribution in [3.8, 4) is 0 Å². The van der Waals surface area contributed by atoms with E-state index in [4.69, 9.17) is 11.5 Å². The Morgan fingerprint density at radius 2 is 1.74 bits per heavy atom. The molecular weight excluding hydrogens is 242 g/mol. The molecule has 5 N–H and O–H groups in total. The highest BCUT2D eigenvalue weighted by Crippen LogP contribution is 2.10. The van der Waals surface area contributed by atoms with Crippen LogP contribution >= 0.6 is 0 Å². The van der Waals surface area contributed by atoms with Gasteiger partial charge in [-0.05, 0) is 45.3 Å². The zero-order valence-electron chi connectivity index (χ0n) is 11.7. The predicted molar refractivity (Wildman–Crippen MR) is 78.0 cm³/mol. The van der Waals surface area contributed by atoms with Gasteiger partial charge in [-0.25, -0.2) is 4.79 Å². The Kier molecular flexibility index (Phi) is 7.97. The number of nitrogens with one attached hydrogen (secondary N) is 1. The molecule has 1 aliphatic rings. The number of hydrogen-bond acceptors (Lipinski definition) is 3. The van der Waals surface area contributed by atoms with E-state index in [0.717, 1.165) is 12.8 Å². The summed E-state index contributed by atoms with van der Waals surface area (Å²) in [7, 11) is 0. The van der Waals surface area contributed by atoms with Gasteiger partial charge in [0.25, 0.3) is 0 Å². The molecule has 0 aromatic carbocycles. The van der Waals surface area contributed by atoms with E-state index in [9.17, 15) is 4.79 Å². The van der Waals surface area contributed by atoms with Crippen LogP contribution in [0, 0.1) is 0 Å². The Morgan fingerprint density at radius 1 is 1.05 bits per heavy atom. The summed E-state index contributed by atoms with van der Waals surface area (Å²) in [6, 6.07) is -0.664. The van der Waals surface area contributed by atoms with Crippen LogP contribution < -0.4 is 16.8 Å². The molecule has 1 aliphatic heterocycles. The molecule has 0 spiro atoms. The smallest absolute Gasteiger partial charge is 0.318 e. The lowest BCUT2D eigenvalue weighted by molar-refractivity contribution is 0.224. The molecule has 1 heterocycles. The van der Waals surface area contributed by atoms with Crippen LogP contribution in [0.3, 0.4) is 0 Å². The molecule has 2 amide bonds. The highest BCUT2D eigenvalue weighted by Gasteiger charge is 2.08. The fraction of sp³-hybridized carbons (Fsp3) is 0.846. The fourth-order valence-corrected chi connectivity index (χ4v) is 2.35. The van der Waals surface area contributed by atoms with Crippen molar-refractivity contribution < 1.29 is 4.79 Å². The lowest BCUT2D eigenvalue weighted by Crippen LogP contribution is -2.40. The maximum atomic E-state index is 10.5. The molecule has 1 fully saturated rings. The van der Waals surface area contributed by atoms with Gasteiger partial charge in [-0.3, -0.25) is 10.3 Å². The summed E-state index contributed by atoms with van der Waals surface area (Å²) in [5.74, 6) is 0.112. The van der Waals surface area contributed by atoms with E-state index in [1.165, 1.54) is 51.7 Å². The zero-order chi connectivity index (χ0) is 13.9. The third kappa shape index (κ3) is 8.42. The van der Waals surface area contributed by atoms with E-state index in [1.807, 2.05) is 0 Å². The number of amides is 2. The highest BCUT2D eigenvalue weighted by atomic mass is 16.2. The van der Waals surface area contributed by atoms with E-state index in [1.54, 1.807) is 0 Å². The average molecular weight is 269 g/mol. The number of rotatable bonds is 7. The molecule has 19 heavy (non-hydrogen) atoms. The lowest BCUT2D eigenvalue weighted by Gasteiger charge is -2.26. The van der Waals surface area contributed by atoms with Crippen molar-refractivity contribution in [2.24, 2.45) is 16.5 Å². The summed E-state index contributed by atoms with van der Waals surface area (Å²) in [6.45, 7) is 4.43. The van der Waals surface area contributed by atoms with Crippen molar-refractivity contribution in [3.05, 3.63) is 0 Å². The summed E-state index contributed by atoms with van der Waals surface area (Å²) < 4.78 is 0. The first kappa shape index (κ1) is 15.8. The first-order chi connectivity index (χ1) is 9.18. The van der Waals surface area contributed by atoms with Crippen LogP contribution in [-0.2, 0) is 0 Å². The Bertz CT molecular complexity index is 287. The van der Waals surface area contributed by atoms with Crippen LogP contribution in [0.5, 0.6) is 0 Å². The number of nitrogens with zero attached hydrogens (tertiary/aromatic N) is 2. The van der Waals surface area contributed by atoms with Gasteiger partial charge in [-0.1, -0.05) is 19.3 Å². The molecular formula is C13H27N5O. The second kappa shape index (κ2) is 9.61. The Hall–Kier alpha value is -1.30. The summed E-state index contributed by atoms with van der Waals surface area (Å²) in [5, 5.41) is 2.25. The summed E-state index contributed by atoms with van der Waals surface area (Å²) in [4.78, 5) is 17.1. The maximum absolute atomic E-state index is 10.5. The van der Waals surface area contributed by atoms with Crippen LogP contribution in [0.1, 0.15) is 44.9 Å². The van der Waals surface area contributed by atoms with Gasteiger partial charge in [0.15, 0.2) is 5.96 Å².